The SMILES string of the molecule is C=CCCc1ccc(C2CCC(C3CCC(C4C=CC(C=C)CC4)CC3)CC2)cc1. The first kappa shape index (κ1) is 21.7. The summed E-state index contributed by atoms with van der Waals surface area (Å²) in [6, 6.07) is 9.51. The van der Waals surface area contributed by atoms with E-state index in [-0.39, 0.29) is 0 Å². The molecule has 0 radical (unpaired) electrons. The van der Waals surface area contributed by atoms with Crippen LogP contribution in [0, 0.1) is 29.6 Å². The second-order valence-electron chi connectivity index (χ2n) is 10.4. The summed E-state index contributed by atoms with van der Waals surface area (Å²) in [5.74, 6) is 5.26. The van der Waals surface area contributed by atoms with Gasteiger partial charge in [-0.05, 0) is 124 Å². The van der Waals surface area contributed by atoms with Crippen LogP contribution in [0.4, 0.5) is 0 Å². The van der Waals surface area contributed by atoms with E-state index in [1.54, 1.807) is 5.56 Å². The van der Waals surface area contributed by atoms with Crippen molar-refractivity contribution in [3.63, 3.8) is 0 Å². The maximum absolute atomic E-state index is 3.97. The van der Waals surface area contributed by atoms with Crippen molar-refractivity contribution >= 4 is 0 Å². The largest absolute Gasteiger partial charge is 0.103 e. The van der Waals surface area contributed by atoms with E-state index >= 15 is 0 Å². The van der Waals surface area contributed by atoms with Crippen LogP contribution in [0.1, 0.15) is 87.7 Å². The molecule has 1 aromatic carbocycles. The van der Waals surface area contributed by atoms with Crippen LogP contribution in [0.5, 0.6) is 0 Å². The van der Waals surface area contributed by atoms with Crippen LogP contribution in [0.3, 0.4) is 0 Å². The molecule has 0 amide bonds. The van der Waals surface area contributed by atoms with E-state index in [2.05, 4.69) is 55.7 Å². The standard InChI is InChI=1S/C30H42/c1-3-5-6-24-9-13-26(14-10-24)28-17-21-30(22-18-28)29-19-15-27(16-20-29)25-11-7-23(4-2)8-12-25/h3-4,7,9-11,13-14,23,25,27-30H,1-2,5-6,8,12,15-22H2. The molecule has 2 saturated carbocycles. The maximum Gasteiger partial charge on any atom is -0.00559 e. The number of rotatable bonds is 7. The first-order valence-electron chi connectivity index (χ1n) is 12.8. The Bertz CT molecular complexity index is 692. The molecule has 2 unspecified atom stereocenters. The molecule has 0 bridgehead atoms. The summed E-state index contributed by atoms with van der Waals surface area (Å²) in [4.78, 5) is 0. The zero-order valence-electron chi connectivity index (χ0n) is 19.0. The molecular weight excluding hydrogens is 360 g/mol. The molecule has 1 aromatic rings. The van der Waals surface area contributed by atoms with E-state index in [4.69, 9.17) is 0 Å². The molecule has 162 valence electrons. The molecule has 2 fully saturated rings. The van der Waals surface area contributed by atoms with Crippen molar-refractivity contribution in [2.75, 3.05) is 0 Å². The van der Waals surface area contributed by atoms with Crippen molar-refractivity contribution in [1.82, 2.24) is 0 Å². The molecule has 0 spiro atoms. The maximum atomic E-state index is 3.97. The summed E-state index contributed by atoms with van der Waals surface area (Å²) < 4.78 is 0. The number of allylic oxidation sites excluding steroid dienone is 4. The van der Waals surface area contributed by atoms with Gasteiger partial charge in [0.2, 0.25) is 0 Å². The molecule has 0 aromatic heterocycles. The van der Waals surface area contributed by atoms with E-state index in [1.807, 2.05) is 6.08 Å². The van der Waals surface area contributed by atoms with Gasteiger partial charge in [-0.1, -0.05) is 48.6 Å². The zero-order chi connectivity index (χ0) is 20.8. The van der Waals surface area contributed by atoms with Crippen LogP contribution >= 0.6 is 0 Å². The topological polar surface area (TPSA) is 0 Å². The molecule has 0 nitrogen and oxygen atoms in total. The monoisotopic (exact) mass is 402 g/mol. The third-order valence-electron chi connectivity index (χ3n) is 8.69. The summed E-state index contributed by atoms with van der Waals surface area (Å²) in [6.07, 6.45) is 25.7. The number of aryl methyl sites for hydroxylation is 1. The fraction of sp³-hybridized carbons (Fsp3) is 0.600. The van der Waals surface area contributed by atoms with Crippen LogP contribution < -0.4 is 0 Å². The van der Waals surface area contributed by atoms with Gasteiger partial charge in [-0.25, -0.2) is 0 Å². The van der Waals surface area contributed by atoms with Gasteiger partial charge in [-0.2, -0.15) is 0 Å². The highest BCUT2D eigenvalue weighted by molar-refractivity contribution is 5.26. The predicted octanol–water partition coefficient (Wildman–Crippen LogP) is 8.65. The zero-order valence-corrected chi connectivity index (χ0v) is 19.0. The molecule has 2 atom stereocenters. The van der Waals surface area contributed by atoms with Gasteiger partial charge >= 0.3 is 0 Å². The van der Waals surface area contributed by atoms with E-state index in [9.17, 15) is 0 Å². The lowest BCUT2D eigenvalue weighted by atomic mass is 9.65. The van der Waals surface area contributed by atoms with Crippen LogP contribution in [0.2, 0.25) is 0 Å². The highest BCUT2D eigenvalue weighted by Gasteiger charge is 2.33. The molecule has 0 saturated heterocycles. The van der Waals surface area contributed by atoms with Gasteiger partial charge in [0.05, 0.1) is 0 Å². The Hall–Kier alpha value is -1.56. The Morgan fingerprint density at radius 1 is 0.700 bits per heavy atom. The number of hydrogen-bond acceptors (Lipinski definition) is 0. The molecule has 4 rings (SSSR count). The summed E-state index contributed by atoms with van der Waals surface area (Å²) in [6.45, 7) is 7.81. The molecule has 0 heteroatoms. The van der Waals surface area contributed by atoms with Crippen molar-refractivity contribution in [2.24, 2.45) is 29.6 Å². The van der Waals surface area contributed by atoms with Gasteiger partial charge in [0.1, 0.15) is 0 Å². The smallest absolute Gasteiger partial charge is 0.00559 e. The first-order valence-corrected chi connectivity index (χ1v) is 12.8. The number of hydrogen-bond donors (Lipinski definition) is 0. The Morgan fingerprint density at radius 3 is 1.90 bits per heavy atom. The molecule has 0 heterocycles. The van der Waals surface area contributed by atoms with Crippen molar-refractivity contribution in [2.45, 2.75) is 83.0 Å². The fourth-order valence-corrected chi connectivity index (χ4v) is 6.65. The first-order chi connectivity index (χ1) is 14.8. The quantitative estimate of drug-likeness (QED) is 0.400. The molecule has 3 aliphatic carbocycles. The van der Waals surface area contributed by atoms with Gasteiger partial charge in [-0.3, -0.25) is 0 Å². The van der Waals surface area contributed by atoms with Crippen molar-refractivity contribution in [1.29, 1.82) is 0 Å². The van der Waals surface area contributed by atoms with E-state index in [0.29, 0.717) is 5.92 Å². The number of benzene rings is 1. The summed E-state index contributed by atoms with van der Waals surface area (Å²) in [5.41, 5.74) is 3.04. The third-order valence-corrected chi connectivity index (χ3v) is 8.69. The Balaban J connectivity index is 1.21. The summed E-state index contributed by atoms with van der Waals surface area (Å²) in [7, 11) is 0. The minimum Gasteiger partial charge on any atom is -0.103 e. The third kappa shape index (κ3) is 5.37. The predicted molar refractivity (Wildman–Crippen MR) is 131 cm³/mol. The van der Waals surface area contributed by atoms with Crippen molar-refractivity contribution < 1.29 is 0 Å². The molecule has 0 N–H and O–H groups in total. The van der Waals surface area contributed by atoms with Gasteiger partial charge in [-0.15, -0.1) is 13.2 Å². The average molecular weight is 403 g/mol. The van der Waals surface area contributed by atoms with E-state index < -0.39 is 0 Å². The second-order valence-corrected chi connectivity index (χ2v) is 10.4. The average Bonchev–Trinajstić information content (AvgIpc) is 2.83. The lowest BCUT2D eigenvalue weighted by Crippen LogP contribution is -2.28. The van der Waals surface area contributed by atoms with Gasteiger partial charge in [0, 0.05) is 0 Å². The normalized spacial score (nSPS) is 34.4. The van der Waals surface area contributed by atoms with E-state index in [0.717, 1.165) is 42.4 Å². The molecule has 30 heavy (non-hydrogen) atoms. The lowest BCUT2D eigenvalue weighted by molar-refractivity contribution is 0.140. The van der Waals surface area contributed by atoms with Gasteiger partial charge < -0.3 is 0 Å². The lowest BCUT2D eigenvalue weighted by Gasteiger charge is -2.40. The van der Waals surface area contributed by atoms with Crippen molar-refractivity contribution in [3.05, 3.63) is 72.9 Å². The highest BCUT2D eigenvalue weighted by Crippen LogP contribution is 2.46. The van der Waals surface area contributed by atoms with Crippen LogP contribution in [0.15, 0.2) is 61.7 Å². The highest BCUT2D eigenvalue weighted by atomic mass is 14.4. The fourth-order valence-electron chi connectivity index (χ4n) is 6.65. The Kier molecular flexibility index (Phi) is 7.69. The molecule has 0 aliphatic heterocycles. The van der Waals surface area contributed by atoms with Crippen LogP contribution in [0.25, 0.3) is 0 Å². The van der Waals surface area contributed by atoms with Gasteiger partial charge in [0.15, 0.2) is 0 Å². The summed E-state index contributed by atoms with van der Waals surface area (Å²) >= 11 is 0. The minimum atomic E-state index is 0.635. The summed E-state index contributed by atoms with van der Waals surface area (Å²) in [5, 5.41) is 0. The Labute approximate surface area is 185 Å². The second kappa shape index (κ2) is 10.7. The van der Waals surface area contributed by atoms with Crippen LogP contribution in [-0.4, -0.2) is 0 Å². The molecular formula is C30H42. The molecule has 3 aliphatic rings. The van der Waals surface area contributed by atoms with E-state index in [1.165, 1.54) is 69.8 Å². The van der Waals surface area contributed by atoms with Gasteiger partial charge in [0.25, 0.3) is 0 Å². The van der Waals surface area contributed by atoms with Crippen LogP contribution in [-0.2, 0) is 6.42 Å². The van der Waals surface area contributed by atoms with Crippen molar-refractivity contribution in [3.8, 4) is 0 Å². The minimum absolute atomic E-state index is 0.635. The Morgan fingerprint density at radius 2 is 1.33 bits per heavy atom.